The van der Waals surface area contributed by atoms with Crippen LogP contribution in [-0.4, -0.2) is 35.5 Å². The lowest BCUT2D eigenvalue weighted by Crippen LogP contribution is -2.37. The maximum Gasteiger partial charge on any atom is 0.204 e. The molecule has 1 aliphatic heterocycles. The molecule has 0 N–H and O–H groups in total. The molecule has 0 aromatic heterocycles. The van der Waals surface area contributed by atoms with Crippen molar-refractivity contribution in [2.75, 3.05) is 14.1 Å². The number of hydrogen-bond donors (Lipinski definition) is 0. The second-order valence-corrected chi connectivity index (χ2v) is 10.1. The number of nitrogens with zero attached hydrogens (tertiary/aromatic N) is 2. The molecule has 2 aliphatic rings. The van der Waals surface area contributed by atoms with E-state index in [9.17, 15) is 0 Å². The third-order valence-corrected chi connectivity index (χ3v) is 9.60. The molecular weight excluding hydrogens is 299 g/mol. The third kappa shape index (κ3) is 2.73. The molecule has 116 valence electrons. The third-order valence-electron chi connectivity index (χ3n) is 5.02. The predicted molar refractivity (Wildman–Crippen MR) is 91.8 cm³/mol. The molecule has 1 heterocycles. The quantitative estimate of drug-likeness (QED) is 0.775. The summed E-state index contributed by atoms with van der Waals surface area (Å²) in [4.78, 5) is 0. The van der Waals surface area contributed by atoms with Crippen molar-refractivity contribution in [1.82, 2.24) is 9.34 Å². The Kier molecular flexibility index (Phi) is 4.54. The SMILES string of the molecule is C[C@@H](OP1(=S)N(C)[C@@H]2CCCC[C@H]2N1C)c1ccccc1. The zero-order valence-electron chi connectivity index (χ0n) is 13.1. The molecule has 21 heavy (non-hydrogen) atoms. The topological polar surface area (TPSA) is 15.7 Å². The van der Waals surface area contributed by atoms with Crippen molar-refractivity contribution in [3.8, 4) is 0 Å². The first-order valence-corrected chi connectivity index (χ1v) is 10.5. The van der Waals surface area contributed by atoms with Crippen LogP contribution in [0.3, 0.4) is 0 Å². The molecule has 3 atom stereocenters. The van der Waals surface area contributed by atoms with Crippen LogP contribution < -0.4 is 0 Å². The fourth-order valence-corrected chi connectivity index (χ4v) is 7.38. The van der Waals surface area contributed by atoms with E-state index in [4.69, 9.17) is 16.3 Å². The van der Waals surface area contributed by atoms with E-state index in [1.54, 1.807) is 0 Å². The Morgan fingerprint density at radius 1 is 1.10 bits per heavy atom. The minimum Gasteiger partial charge on any atom is -0.319 e. The molecule has 1 saturated carbocycles. The molecule has 1 aromatic carbocycles. The fourth-order valence-electron chi connectivity index (χ4n) is 3.70. The van der Waals surface area contributed by atoms with Gasteiger partial charge in [-0.25, -0.2) is 9.34 Å². The highest BCUT2D eigenvalue weighted by molar-refractivity contribution is 8.10. The molecule has 3 rings (SSSR count). The van der Waals surface area contributed by atoms with Gasteiger partial charge in [-0.1, -0.05) is 43.2 Å². The Bertz CT molecular complexity index is 516. The van der Waals surface area contributed by atoms with Crippen LogP contribution in [0.25, 0.3) is 0 Å². The van der Waals surface area contributed by atoms with E-state index >= 15 is 0 Å². The first-order valence-electron chi connectivity index (χ1n) is 7.84. The van der Waals surface area contributed by atoms with Gasteiger partial charge in [0, 0.05) is 12.1 Å². The number of rotatable bonds is 3. The Morgan fingerprint density at radius 2 is 1.62 bits per heavy atom. The van der Waals surface area contributed by atoms with Crippen molar-refractivity contribution < 1.29 is 4.52 Å². The summed E-state index contributed by atoms with van der Waals surface area (Å²) in [7, 11) is 4.34. The van der Waals surface area contributed by atoms with Gasteiger partial charge in [0.2, 0.25) is 6.57 Å². The molecule has 0 radical (unpaired) electrons. The largest absolute Gasteiger partial charge is 0.319 e. The number of hydrogen-bond acceptors (Lipinski definition) is 2. The van der Waals surface area contributed by atoms with E-state index in [-0.39, 0.29) is 6.10 Å². The zero-order chi connectivity index (χ0) is 15.0. The van der Waals surface area contributed by atoms with E-state index in [0.29, 0.717) is 12.1 Å². The molecule has 1 aromatic rings. The van der Waals surface area contributed by atoms with Crippen LogP contribution >= 0.6 is 6.57 Å². The van der Waals surface area contributed by atoms with Crippen molar-refractivity contribution in [2.45, 2.75) is 50.8 Å². The Morgan fingerprint density at radius 3 is 2.14 bits per heavy atom. The van der Waals surface area contributed by atoms with E-state index in [0.717, 1.165) is 0 Å². The summed E-state index contributed by atoms with van der Waals surface area (Å²) in [6.07, 6.45) is 5.20. The van der Waals surface area contributed by atoms with Crippen molar-refractivity contribution in [2.24, 2.45) is 0 Å². The van der Waals surface area contributed by atoms with E-state index in [1.807, 2.05) is 6.07 Å². The van der Waals surface area contributed by atoms with Gasteiger partial charge in [-0.05, 0) is 51.2 Å². The van der Waals surface area contributed by atoms with Gasteiger partial charge in [-0.2, -0.15) is 0 Å². The zero-order valence-corrected chi connectivity index (χ0v) is 14.8. The van der Waals surface area contributed by atoms with E-state index < -0.39 is 6.57 Å². The molecule has 0 amide bonds. The van der Waals surface area contributed by atoms with Crippen molar-refractivity contribution in [3.05, 3.63) is 35.9 Å². The molecule has 0 spiro atoms. The van der Waals surface area contributed by atoms with Crippen molar-refractivity contribution in [3.63, 3.8) is 0 Å². The molecule has 2 fully saturated rings. The van der Waals surface area contributed by atoms with Crippen LogP contribution in [-0.2, 0) is 16.3 Å². The molecule has 0 unspecified atom stereocenters. The molecule has 1 saturated heterocycles. The average molecular weight is 324 g/mol. The van der Waals surface area contributed by atoms with Gasteiger partial charge in [0.15, 0.2) is 0 Å². The van der Waals surface area contributed by atoms with Gasteiger partial charge < -0.3 is 4.52 Å². The Hall–Kier alpha value is -0.250. The molecule has 1 aliphatic carbocycles. The lowest BCUT2D eigenvalue weighted by Gasteiger charge is -2.33. The first kappa shape index (κ1) is 15.6. The van der Waals surface area contributed by atoms with Gasteiger partial charge in [0.25, 0.3) is 0 Å². The lowest BCUT2D eigenvalue weighted by molar-refractivity contribution is 0.221. The van der Waals surface area contributed by atoms with Crippen LogP contribution in [0.15, 0.2) is 30.3 Å². The summed E-state index contributed by atoms with van der Waals surface area (Å²) in [5.74, 6) is 0. The maximum atomic E-state index is 6.48. The molecular formula is C16H25N2OPS. The Labute approximate surface area is 133 Å². The van der Waals surface area contributed by atoms with E-state index in [1.165, 1.54) is 31.2 Å². The fraction of sp³-hybridized carbons (Fsp3) is 0.625. The van der Waals surface area contributed by atoms with Crippen molar-refractivity contribution >= 4 is 18.4 Å². The number of fused-ring (bicyclic) bond motifs is 1. The molecule has 0 bridgehead atoms. The van der Waals surface area contributed by atoms with E-state index in [2.05, 4.69) is 54.6 Å². The summed E-state index contributed by atoms with van der Waals surface area (Å²) in [6, 6.07) is 11.6. The monoisotopic (exact) mass is 324 g/mol. The van der Waals surface area contributed by atoms with Crippen LogP contribution in [0.2, 0.25) is 0 Å². The maximum absolute atomic E-state index is 6.48. The summed E-state index contributed by atoms with van der Waals surface area (Å²) >= 11 is 6.04. The molecule has 5 heteroatoms. The number of likely N-dealkylation sites (N-methyl/N-ethyl adjacent to an activating group) is 2. The lowest BCUT2D eigenvalue weighted by atomic mass is 9.91. The van der Waals surface area contributed by atoms with Gasteiger partial charge >= 0.3 is 0 Å². The number of benzene rings is 1. The van der Waals surface area contributed by atoms with Crippen LogP contribution in [0.1, 0.15) is 44.3 Å². The summed E-state index contributed by atoms with van der Waals surface area (Å²) in [6.45, 7) is 0.0391. The minimum absolute atomic E-state index is 0.0436. The highest BCUT2D eigenvalue weighted by Crippen LogP contribution is 2.64. The van der Waals surface area contributed by atoms with Gasteiger partial charge in [0.05, 0.1) is 6.10 Å². The average Bonchev–Trinajstić information content (AvgIpc) is 2.71. The van der Waals surface area contributed by atoms with Crippen LogP contribution in [0.4, 0.5) is 0 Å². The van der Waals surface area contributed by atoms with Crippen LogP contribution in [0.5, 0.6) is 0 Å². The highest BCUT2D eigenvalue weighted by atomic mass is 32.5. The first-order chi connectivity index (χ1) is 10.0. The highest BCUT2D eigenvalue weighted by Gasteiger charge is 2.50. The minimum atomic E-state index is -2.08. The molecule has 3 nitrogen and oxygen atoms in total. The second-order valence-electron chi connectivity index (χ2n) is 6.22. The smallest absolute Gasteiger partial charge is 0.204 e. The second kappa shape index (κ2) is 6.10. The van der Waals surface area contributed by atoms with Crippen molar-refractivity contribution in [1.29, 1.82) is 0 Å². The standard InChI is InChI=1S/C16H25N2OPS/c1-13(14-9-5-4-6-10-14)19-20(21)17(2)15-11-7-8-12-16(15)18(20)3/h4-6,9-10,13,15-16H,7-8,11-12H2,1-3H3/t13-,15-,16-/m1/s1. The summed E-state index contributed by atoms with van der Waals surface area (Å²) in [5.41, 5.74) is 1.21. The van der Waals surface area contributed by atoms with Gasteiger partial charge in [0.1, 0.15) is 0 Å². The Balaban J connectivity index is 1.81. The predicted octanol–water partition coefficient (Wildman–Crippen LogP) is 4.18. The summed E-state index contributed by atoms with van der Waals surface area (Å²) < 4.78 is 11.2. The van der Waals surface area contributed by atoms with Gasteiger partial charge in [-0.15, -0.1) is 0 Å². The van der Waals surface area contributed by atoms with Gasteiger partial charge in [-0.3, -0.25) is 0 Å². The van der Waals surface area contributed by atoms with Crippen LogP contribution in [0, 0.1) is 0 Å². The normalized spacial score (nSPS) is 31.0. The summed E-state index contributed by atoms with van der Waals surface area (Å²) in [5, 5.41) is 0.